The predicted molar refractivity (Wildman–Crippen MR) is 130 cm³/mol. The summed E-state index contributed by atoms with van der Waals surface area (Å²) in [7, 11) is 0. The molecule has 2 aromatic carbocycles. The second-order valence-corrected chi connectivity index (χ2v) is 9.08. The number of aliphatic hydroxyl groups is 1. The molecule has 10 heteroatoms. The van der Waals surface area contributed by atoms with Gasteiger partial charge in [0.15, 0.2) is 0 Å². The van der Waals surface area contributed by atoms with Gasteiger partial charge in [0.1, 0.15) is 16.6 Å². The molecule has 0 radical (unpaired) electrons. The molecule has 0 saturated heterocycles. The van der Waals surface area contributed by atoms with Gasteiger partial charge in [0.05, 0.1) is 22.8 Å². The van der Waals surface area contributed by atoms with Crippen LogP contribution in [0.2, 0.25) is 10.0 Å². The Morgan fingerprint density at radius 1 is 1.09 bits per heavy atom. The molecule has 5 rings (SSSR count). The highest BCUT2D eigenvalue weighted by molar-refractivity contribution is 7.11. The van der Waals surface area contributed by atoms with E-state index in [1.54, 1.807) is 23.1 Å². The number of hydrogen-bond donors (Lipinski definition) is 2. The van der Waals surface area contributed by atoms with Crippen molar-refractivity contribution in [2.75, 3.05) is 13.1 Å². The van der Waals surface area contributed by atoms with Crippen LogP contribution in [0.1, 0.15) is 10.9 Å². The van der Waals surface area contributed by atoms with Crippen LogP contribution in [0.5, 0.6) is 0 Å². The fraction of sp³-hybridized carbons (Fsp3) is 0.130. The van der Waals surface area contributed by atoms with E-state index in [1.165, 1.54) is 11.3 Å². The first-order chi connectivity index (χ1) is 16.0. The highest BCUT2D eigenvalue weighted by Gasteiger charge is 2.30. The molecule has 0 bridgehead atoms. The lowest BCUT2D eigenvalue weighted by Gasteiger charge is -2.16. The van der Waals surface area contributed by atoms with E-state index >= 15 is 0 Å². The Bertz CT molecular complexity index is 1360. The summed E-state index contributed by atoms with van der Waals surface area (Å²) in [4.78, 5) is 10.8. The second-order valence-electron chi connectivity index (χ2n) is 7.38. The van der Waals surface area contributed by atoms with E-state index in [2.05, 4.69) is 15.1 Å². The number of hydrogen-bond acceptors (Lipinski definition) is 7. The summed E-state index contributed by atoms with van der Waals surface area (Å²) in [6, 6.07) is 14.7. The summed E-state index contributed by atoms with van der Waals surface area (Å²) < 4.78 is 5.36. The van der Waals surface area contributed by atoms with Crippen molar-refractivity contribution in [3.63, 3.8) is 0 Å². The molecule has 2 aromatic heterocycles. The molecule has 0 aliphatic carbocycles. The van der Waals surface area contributed by atoms with Gasteiger partial charge in [-0.3, -0.25) is 5.41 Å². The van der Waals surface area contributed by atoms with Crippen molar-refractivity contribution in [3.05, 3.63) is 80.6 Å². The minimum Gasteiger partial charge on any atom is -0.510 e. The number of rotatable bonds is 6. The Labute approximate surface area is 203 Å². The molecule has 0 unspecified atom stereocenters. The van der Waals surface area contributed by atoms with E-state index in [4.69, 9.17) is 33.1 Å². The first-order valence-electron chi connectivity index (χ1n) is 10.0. The smallest absolute Gasteiger partial charge is 0.228 e. The summed E-state index contributed by atoms with van der Waals surface area (Å²) in [6.07, 6.45) is 0.425. The number of benzene rings is 2. The molecule has 0 fully saturated rings. The average Bonchev–Trinajstić information content (AvgIpc) is 3.53. The third-order valence-electron chi connectivity index (χ3n) is 5.22. The normalized spacial score (nSPS) is 13.9. The maximum Gasteiger partial charge on any atom is 0.228 e. The van der Waals surface area contributed by atoms with Gasteiger partial charge in [-0.15, -0.1) is 11.3 Å². The van der Waals surface area contributed by atoms with Crippen LogP contribution in [0.4, 0.5) is 0 Å². The standard InChI is InChI=1S/C23H17Cl2N5O2S/c24-14-7-5-13(6-8-14)17-12-33-23(27-17)20-18(31)11-30(21(20)26)10-9-19-28-22(29-32-19)15-3-1-2-4-16(15)25/h1-8,12,26,31H,9-11H2. The Hall–Kier alpha value is -3.20. The minimum atomic E-state index is 0.124. The molecule has 0 spiro atoms. The fourth-order valence-electron chi connectivity index (χ4n) is 3.53. The monoisotopic (exact) mass is 497 g/mol. The van der Waals surface area contributed by atoms with Crippen LogP contribution in [-0.4, -0.2) is 44.1 Å². The number of aliphatic hydroxyl groups excluding tert-OH is 1. The number of thiazole rings is 1. The van der Waals surface area contributed by atoms with E-state index in [0.29, 0.717) is 50.9 Å². The summed E-state index contributed by atoms with van der Waals surface area (Å²) in [6.45, 7) is 0.668. The molecule has 166 valence electrons. The van der Waals surface area contributed by atoms with Gasteiger partial charge in [-0.25, -0.2) is 4.98 Å². The molecule has 7 nitrogen and oxygen atoms in total. The fourth-order valence-corrected chi connectivity index (χ4v) is 4.77. The largest absolute Gasteiger partial charge is 0.510 e. The quantitative estimate of drug-likeness (QED) is 0.340. The summed E-state index contributed by atoms with van der Waals surface area (Å²) in [5, 5.41) is 26.9. The maximum absolute atomic E-state index is 10.6. The Morgan fingerprint density at radius 3 is 2.67 bits per heavy atom. The number of aromatic nitrogens is 3. The van der Waals surface area contributed by atoms with Crippen LogP contribution in [0.3, 0.4) is 0 Å². The van der Waals surface area contributed by atoms with E-state index in [0.717, 1.165) is 11.3 Å². The van der Waals surface area contributed by atoms with Gasteiger partial charge >= 0.3 is 0 Å². The third-order valence-corrected chi connectivity index (χ3v) is 6.66. The first kappa shape index (κ1) is 21.6. The van der Waals surface area contributed by atoms with Gasteiger partial charge in [-0.1, -0.05) is 52.6 Å². The first-order valence-corrected chi connectivity index (χ1v) is 11.7. The van der Waals surface area contributed by atoms with Gasteiger partial charge in [0.2, 0.25) is 11.7 Å². The van der Waals surface area contributed by atoms with Crippen molar-refractivity contribution in [1.82, 2.24) is 20.0 Å². The van der Waals surface area contributed by atoms with Crippen molar-refractivity contribution in [2.45, 2.75) is 6.42 Å². The van der Waals surface area contributed by atoms with Gasteiger partial charge < -0.3 is 14.5 Å². The highest BCUT2D eigenvalue weighted by atomic mass is 35.5. The second kappa shape index (κ2) is 8.97. The van der Waals surface area contributed by atoms with E-state index in [9.17, 15) is 5.11 Å². The molecular weight excluding hydrogens is 481 g/mol. The molecule has 0 amide bonds. The molecule has 33 heavy (non-hydrogen) atoms. The van der Waals surface area contributed by atoms with Crippen molar-refractivity contribution < 1.29 is 9.63 Å². The van der Waals surface area contributed by atoms with Gasteiger partial charge in [0.25, 0.3) is 0 Å². The SMILES string of the molecule is N=C1C(c2nc(-c3ccc(Cl)cc3)cs2)=C(O)CN1CCc1nc(-c2ccccc2Cl)no1. The maximum atomic E-state index is 10.6. The van der Waals surface area contributed by atoms with Gasteiger partial charge in [-0.05, 0) is 24.3 Å². The Morgan fingerprint density at radius 2 is 1.88 bits per heavy atom. The lowest BCUT2D eigenvalue weighted by Crippen LogP contribution is -2.28. The number of nitrogens with one attached hydrogen (secondary N) is 1. The average molecular weight is 498 g/mol. The molecule has 1 aliphatic heterocycles. The van der Waals surface area contributed by atoms with Crippen LogP contribution in [0, 0.1) is 5.41 Å². The molecule has 1 aliphatic rings. The van der Waals surface area contributed by atoms with Crippen molar-refractivity contribution in [2.24, 2.45) is 0 Å². The molecule has 0 saturated carbocycles. The Balaban J connectivity index is 1.27. The zero-order valence-electron chi connectivity index (χ0n) is 17.1. The van der Waals surface area contributed by atoms with Crippen LogP contribution < -0.4 is 0 Å². The lowest BCUT2D eigenvalue weighted by atomic mass is 10.2. The number of amidine groups is 1. The van der Waals surface area contributed by atoms with Crippen molar-refractivity contribution in [1.29, 1.82) is 5.41 Å². The zero-order chi connectivity index (χ0) is 22.9. The van der Waals surface area contributed by atoms with Crippen LogP contribution >= 0.6 is 34.5 Å². The third kappa shape index (κ3) is 4.37. The highest BCUT2D eigenvalue weighted by Crippen LogP contribution is 2.32. The predicted octanol–water partition coefficient (Wildman–Crippen LogP) is 5.97. The molecule has 4 aromatic rings. The molecular formula is C23H17Cl2N5O2S. The molecule has 2 N–H and O–H groups in total. The van der Waals surface area contributed by atoms with E-state index in [-0.39, 0.29) is 18.1 Å². The summed E-state index contributed by atoms with van der Waals surface area (Å²) in [5.74, 6) is 1.20. The van der Waals surface area contributed by atoms with Crippen LogP contribution in [-0.2, 0) is 6.42 Å². The summed E-state index contributed by atoms with van der Waals surface area (Å²) in [5.41, 5.74) is 2.85. The summed E-state index contributed by atoms with van der Waals surface area (Å²) >= 11 is 13.6. The molecule has 3 heterocycles. The van der Waals surface area contributed by atoms with E-state index in [1.807, 2.05) is 35.7 Å². The number of halogens is 2. The topological polar surface area (TPSA) is 99.1 Å². The Kier molecular flexibility index (Phi) is 5.88. The van der Waals surface area contributed by atoms with Crippen LogP contribution in [0.15, 0.2) is 64.2 Å². The van der Waals surface area contributed by atoms with Gasteiger partial charge in [0, 0.05) is 34.5 Å². The molecule has 0 atom stereocenters. The number of nitrogens with zero attached hydrogens (tertiary/aromatic N) is 4. The lowest BCUT2D eigenvalue weighted by molar-refractivity contribution is 0.331. The zero-order valence-corrected chi connectivity index (χ0v) is 19.5. The van der Waals surface area contributed by atoms with Gasteiger partial charge in [-0.2, -0.15) is 4.98 Å². The van der Waals surface area contributed by atoms with E-state index < -0.39 is 0 Å². The minimum absolute atomic E-state index is 0.124. The van der Waals surface area contributed by atoms with Crippen molar-refractivity contribution in [3.8, 4) is 22.6 Å². The van der Waals surface area contributed by atoms with Crippen molar-refractivity contribution >= 4 is 45.9 Å². The van der Waals surface area contributed by atoms with Crippen LogP contribution in [0.25, 0.3) is 28.2 Å².